The van der Waals surface area contributed by atoms with Crippen molar-refractivity contribution < 1.29 is 19.4 Å². The summed E-state index contributed by atoms with van der Waals surface area (Å²) in [5.41, 5.74) is 5.36. The number of aromatic nitrogens is 1. The molecular weight excluding hydrogens is 248 g/mol. The molecule has 0 saturated heterocycles. The van der Waals surface area contributed by atoms with E-state index in [1.807, 2.05) is 0 Å². The molecule has 0 aliphatic carbocycles. The van der Waals surface area contributed by atoms with Crippen LogP contribution in [0.15, 0.2) is 42.6 Å². The van der Waals surface area contributed by atoms with Gasteiger partial charge in [0, 0.05) is 12.3 Å². The standard InChI is InChI=1S/C13H10N2O4/c14-12(16)8-5-6-11(15-7-8)19-10-4-2-1-3-9(10)13(17)18/h1-7H,(H2,14,16)(H,17,18). The van der Waals surface area contributed by atoms with Crippen molar-refractivity contribution in [3.63, 3.8) is 0 Å². The molecule has 19 heavy (non-hydrogen) atoms. The van der Waals surface area contributed by atoms with Crippen molar-refractivity contribution in [1.29, 1.82) is 0 Å². The Morgan fingerprint density at radius 3 is 2.47 bits per heavy atom. The maximum atomic E-state index is 11.0. The SMILES string of the molecule is NC(=O)c1ccc(Oc2ccccc2C(=O)O)nc1. The highest BCUT2D eigenvalue weighted by molar-refractivity contribution is 5.92. The van der Waals surface area contributed by atoms with Crippen LogP contribution in [0.4, 0.5) is 0 Å². The molecule has 96 valence electrons. The van der Waals surface area contributed by atoms with E-state index in [1.165, 1.54) is 30.5 Å². The average molecular weight is 258 g/mol. The van der Waals surface area contributed by atoms with E-state index in [4.69, 9.17) is 15.6 Å². The lowest BCUT2D eigenvalue weighted by Gasteiger charge is -2.07. The van der Waals surface area contributed by atoms with Gasteiger partial charge in [-0.15, -0.1) is 0 Å². The van der Waals surface area contributed by atoms with E-state index in [0.29, 0.717) is 0 Å². The number of para-hydroxylation sites is 1. The van der Waals surface area contributed by atoms with Gasteiger partial charge in [0.25, 0.3) is 0 Å². The Hall–Kier alpha value is -2.89. The lowest BCUT2D eigenvalue weighted by molar-refractivity contribution is 0.0694. The third-order valence-electron chi connectivity index (χ3n) is 2.35. The number of rotatable bonds is 4. The van der Waals surface area contributed by atoms with E-state index in [2.05, 4.69) is 4.98 Å². The maximum Gasteiger partial charge on any atom is 0.339 e. The van der Waals surface area contributed by atoms with Crippen LogP contribution in [0.5, 0.6) is 11.6 Å². The van der Waals surface area contributed by atoms with E-state index < -0.39 is 11.9 Å². The van der Waals surface area contributed by atoms with Crippen molar-refractivity contribution in [3.8, 4) is 11.6 Å². The molecule has 0 atom stereocenters. The fourth-order valence-corrected chi connectivity index (χ4v) is 1.43. The number of carboxylic acids is 1. The van der Waals surface area contributed by atoms with Gasteiger partial charge in [0.1, 0.15) is 11.3 Å². The molecule has 0 saturated carbocycles. The third-order valence-corrected chi connectivity index (χ3v) is 2.35. The molecule has 6 heteroatoms. The van der Waals surface area contributed by atoms with Crippen molar-refractivity contribution in [2.75, 3.05) is 0 Å². The summed E-state index contributed by atoms with van der Waals surface area (Å²) in [5, 5.41) is 9.00. The number of amides is 1. The van der Waals surface area contributed by atoms with Gasteiger partial charge in [0.2, 0.25) is 11.8 Å². The Labute approximate surface area is 108 Å². The molecule has 3 N–H and O–H groups in total. The van der Waals surface area contributed by atoms with Crippen molar-refractivity contribution in [1.82, 2.24) is 4.98 Å². The first-order valence-electron chi connectivity index (χ1n) is 5.34. The molecule has 0 radical (unpaired) electrons. The van der Waals surface area contributed by atoms with Crippen molar-refractivity contribution >= 4 is 11.9 Å². The highest BCUT2D eigenvalue weighted by atomic mass is 16.5. The zero-order valence-corrected chi connectivity index (χ0v) is 9.74. The van der Waals surface area contributed by atoms with Gasteiger partial charge in [-0.05, 0) is 18.2 Å². The summed E-state index contributed by atoms with van der Waals surface area (Å²) in [7, 11) is 0. The number of primary amides is 1. The van der Waals surface area contributed by atoms with Crippen LogP contribution in [0.3, 0.4) is 0 Å². The molecule has 1 amide bonds. The van der Waals surface area contributed by atoms with Gasteiger partial charge < -0.3 is 15.6 Å². The Kier molecular flexibility index (Phi) is 3.42. The van der Waals surface area contributed by atoms with Gasteiger partial charge in [-0.25, -0.2) is 9.78 Å². The largest absolute Gasteiger partial charge is 0.478 e. The molecule has 0 unspecified atom stereocenters. The Morgan fingerprint density at radius 1 is 1.16 bits per heavy atom. The predicted molar refractivity (Wildman–Crippen MR) is 66.2 cm³/mol. The van der Waals surface area contributed by atoms with Crippen LogP contribution in [0.2, 0.25) is 0 Å². The number of hydrogen-bond donors (Lipinski definition) is 2. The number of benzene rings is 1. The van der Waals surface area contributed by atoms with Crippen molar-refractivity contribution in [3.05, 3.63) is 53.7 Å². The Bertz CT molecular complexity index is 623. The lowest BCUT2D eigenvalue weighted by atomic mass is 10.2. The maximum absolute atomic E-state index is 11.0. The molecule has 0 bridgehead atoms. The summed E-state index contributed by atoms with van der Waals surface area (Å²) in [4.78, 5) is 25.8. The monoisotopic (exact) mass is 258 g/mol. The molecule has 0 aliphatic heterocycles. The summed E-state index contributed by atoms with van der Waals surface area (Å²) < 4.78 is 5.36. The minimum absolute atomic E-state index is 0.0308. The molecule has 1 heterocycles. The molecule has 0 spiro atoms. The number of carboxylic acid groups (broad SMARTS) is 1. The second-order valence-electron chi connectivity index (χ2n) is 3.65. The number of pyridine rings is 1. The number of ether oxygens (including phenoxy) is 1. The van der Waals surface area contributed by atoms with Gasteiger partial charge in [-0.3, -0.25) is 4.79 Å². The summed E-state index contributed by atoms with van der Waals surface area (Å²) in [6, 6.07) is 9.09. The zero-order valence-electron chi connectivity index (χ0n) is 9.74. The number of aromatic carboxylic acids is 1. The minimum atomic E-state index is -1.09. The molecule has 1 aromatic heterocycles. The highest BCUT2D eigenvalue weighted by Crippen LogP contribution is 2.23. The lowest BCUT2D eigenvalue weighted by Crippen LogP contribution is -2.11. The van der Waals surface area contributed by atoms with E-state index in [1.54, 1.807) is 12.1 Å². The number of carbonyl (C=O) groups is 2. The van der Waals surface area contributed by atoms with Crippen molar-refractivity contribution in [2.45, 2.75) is 0 Å². The molecular formula is C13H10N2O4. The quantitative estimate of drug-likeness (QED) is 0.868. The Morgan fingerprint density at radius 2 is 1.89 bits per heavy atom. The fourth-order valence-electron chi connectivity index (χ4n) is 1.43. The third kappa shape index (κ3) is 2.86. The van der Waals surface area contributed by atoms with Gasteiger partial charge in [-0.2, -0.15) is 0 Å². The number of nitrogens with two attached hydrogens (primary N) is 1. The van der Waals surface area contributed by atoms with Crippen LogP contribution in [0, 0.1) is 0 Å². The number of hydrogen-bond acceptors (Lipinski definition) is 4. The molecule has 1 aromatic carbocycles. The fraction of sp³-hybridized carbons (Fsp3) is 0. The predicted octanol–water partition coefficient (Wildman–Crippen LogP) is 1.67. The van der Waals surface area contributed by atoms with Crippen LogP contribution < -0.4 is 10.5 Å². The first-order valence-corrected chi connectivity index (χ1v) is 5.34. The smallest absolute Gasteiger partial charge is 0.339 e. The molecule has 0 aliphatic rings. The summed E-state index contributed by atoms with van der Waals surface area (Å²) in [6.07, 6.45) is 1.26. The first-order chi connectivity index (χ1) is 9.08. The summed E-state index contributed by atoms with van der Waals surface area (Å²) in [5.74, 6) is -1.33. The zero-order chi connectivity index (χ0) is 13.8. The van der Waals surface area contributed by atoms with E-state index in [0.717, 1.165) is 0 Å². The second-order valence-corrected chi connectivity index (χ2v) is 3.65. The molecule has 2 aromatic rings. The van der Waals surface area contributed by atoms with Crippen LogP contribution >= 0.6 is 0 Å². The van der Waals surface area contributed by atoms with E-state index >= 15 is 0 Å². The van der Waals surface area contributed by atoms with Crippen LogP contribution in [-0.4, -0.2) is 22.0 Å². The van der Waals surface area contributed by atoms with E-state index in [9.17, 15) is 9.59 Å². The van der Waals surface area contributed by atoms with Gasteiger partial charge in [0.05, 0.1) is 5.56 Å². The van der Waals surface area contributed by atoms with Crippen LogP contribution in [-0.2, 0) is 0 Å². The molecule has 0 fully saturated rings. The summed E-state index contributed by atoms with van der Waals surface area (Å²) in [6.45, 7) is 0. The number of nitrogens with zero attached hydrogens (tertiary/aromatic N) is 1. The number of carbonyl (C=O) groups excluding carboxylic acids is 1. The van der Waals surface area contributed by atoms with Gasteiger partial charge in [-0.1, -0.05) is 12.1 Å². The van der Waals surface area contributed by atoms with Crippen LogP contribution in [0.1, 0.15) is 20.7 Å². The Balaban J connectivity index is 2.26. The highest BCUT2D eigenvalue weighted by Gasteiger charge is 2.11. The van der Waals surface area contributed by atoms with Crippen LogP contribution in [0.25, 0.3) is 0 Å². The van der Waals surface area contributed by atoms with Gasteiger partial charge in [0.15, 0.2) is 0 Å². The van der Waals surface area contributed by atoms with E-state index in [-0.39, 0.29) is 22.8 Å². The van der Waals surface area contributed by atoms with Crippen molar-refractivity contribution in [2.24, 2.45) is 5.73 Å². The van der Waals surface area contributed by atoms with Gasteiger partial charge >= 0.3 is 5.97 Å². The minimum Gasteiger partial charge on any atom is -0.478 e. The molecule has 6 nitrogen and oxygen atoms in total. The summed E-state index contributed by atoms with van der Waals surface area (Å²) >= 11 is 0. The average Bonchev–Trinajstić information content (AvgIpc) is 2.39. The second kappa shape index (κ2) is 5.18. The normalized spacial score (nSPS) is 9.89. The molecule has 2 rings (SSSR count). The topological polar surface area (TPSA) is 103 Å². The first kappa shape index (κ1) is 12.6.